The van der Waals surface area contributed by atoms with E-state index in [1.54, 1.807) is 0 Å². The van der Waals surface area contributed by atoms with Crippen molar-refractivity contribution >= 4 is 60.2 Å². The van der Waals surface area contributed by atoms with Gasteiger partial charge in [-0.1, -0.05) is 11.6 Å². The Morgan fingerprint density at radius 1 is 1.18 bits per heavy atom. The van der Waals surface area contributed by atoms with Crippen molar-refractivity contribution in [3.8, 4) is 0 Å². The molecule has 0 unspecified atom stereocenters. The summed E-state index contributed by atoms with van der Waals surface area (Å²) in [6.07, 6.45) is 1.66. The number of fused-ring (bicyclic) bond motifs is 1. The van der Waals surface area contributed by atoms with Gasteiger partial charge in [0.15, 0.2) is 0 Å². The third-order valence-corrected chi connectivity index (χ3v) is 6.20. The molecule has 0 spiro atoms. The number of anilines is 1. The molecule has 0 amide bonds. The maximum atomic E-state index is 6.61. The molecule has 150 valence electrons. The molecular weight excluding hydrogens is 506 g/mol. The highest BCUT2D eigenvalue weighted by Crippen LogP contribution is 2.31. The molecular formula is C20H24Br2ClN5. The minimum atomic E-state index is -0.243. The van der Waals surface area contributed by atoms with Gasteiger partial charge in [0.05, 0.1) is 22.8 Å². The number of nitrogens with zero attached hydrogens (tertiary/aromatic N) is 3. The molecule has 3 aromatic rings. The lowest BCUT2D eigenvalue weighted by Gasteiger charge is -2.17. The molecule has 0 aliphatic rings. The second-order valence-corrected chi connectivity index (χ2v) is 9.34. The topological polar surface area (TPSA) is 73.1 Å². The van der Waals surface area contributed by atoms with E-state index in [2.05, 4.69) is 55.4 Å². The van der Waals surface area contributed by atoms with Crippen LogP contribution in [0.2, 0.25) is 5.02 Å². The van der Waals surface area contributed by atoms with E-state index in [-0.39, 0.29) is 6.04 Å². The number of nitrogens with two attached hydrogens (primary N) is 2. The number of hydrogen-bond donors (Lipinski definition) is 2. The van der Waals surface area contributed by atoms with Crippen LogP contribution in [0.4, 0.5) is 5.69 Å². The number of aryl methyl sites for hydroxylation is 1. The fourth-order valence-corrected chi connectivity index (χ4v) is 4.73. The summed E-state index contributed by atoms with van der Waals surface area (Å²) in [4.78, 5) is 7.00. The quantitative estimate of drug-likeness (QED) is 0.423. The lowest BCUT2D eigenvalue weighted by molar-refractivity contribution is 0.384. The fraction of sp³-hybridized carbons (Fsp3) is 0.350. The zero-order valence-corrected chi connectivity index (χ0v) is 19.9. The first-order valence-corrected chi connectivity index (χ1v) is 11.0. The van der Waals surface area contributed by atoms with Gasteiger partial charge in [0.25, 0.3) is 0 Å². The van der Waals surface area contributed by atoms with Gasteiger partial charge in [0, 0.05) is 20.5 Å². The predicted octanol–water partition coefficient (Wildman–Crippen LogP) is 4.99. The molecule has 8 heteroatoms. The highest BCUT2D eigenvalue weighted by atomic mass is 79.9. The van der Waals surface area contributed by atoms with E-state index in [9.17, 15) is 0 Å². The van der Waals surface area contributed by atoms with Gasteiger partial charge in [0.2, 0.25) is 0 Å². The number of imidazole rings is 1. The highest BCUT2D eigenvalue weighted by Gasteiger charge is 2.19. The molecule has 28 heavy (non-hydrogen) atoms. The van der Waals surface area contributed by atoms with Gasteiger partial charge in [0.1, 0.15) is 5.82 Å². The third-order valence-electron chi connectivity index (χ3n) is 4.65. The lowest BCUT2D eigenvalue weighted by atomic mass is 10.1. The van der Waals surface area contributed by atoms with Crippen LogP contribution in [0.5, 0.6) is 0 Å². The van der Waals surface area contributed by atoms with Crippen molar-refractivity contribution in [3.05, 3.63) is 55.7 Å². The van der Waals surface area contributed by atoms with Crippen LogP contribution in [0.3, 0.4) is 0 Å². The van der Waals surface area contributed by atoms with Crippen molar-refractivity contribution in [2.24, 2.45) is 5.73 Å². The number of nitrogen functional groups attached to an aromatic ring is 1. The summed E-state index contributed by atoms with van der Waals surface area (Å²) in [7, 11) is 4.15. The fourth-order valence-electron chi connectivity index (χ4n) is 3.28. The normalized spacial score (nSPS) is 12.8. The predicted molar refractivity (Wildman–Crippen MR) is 125 cm³/mol. The lowest BCUT2D eigenvalue weighted by Crippen LogP contribution is -2.21. The van der Waals surface area contributed by atoms with Gasteiger partial charge in [-0.2, -0.15) is 0 Å². The van der Waals surface area contributed by atoms with Crippen LogP contribution in [-0.4, -0.2) is 35.1 Å². The van der Waals surface area contributed by atoms with Gasteiger partial charge in [-0.25, -0.2) is 4.98 Å². The smallest absolute Gasteiger partial charge is 0.127 e. The van der Waals surface area contributed by atoms with E-state index in [1.807, 2.05) is 30.3 Å². The van der Waals surface area contributed by atoms with Crippen molar-refractivity contribution in [3.63, 3.8) is 0 Å². The molecule has 5 nitrogen and oxygen atoms in total. The number of aromatic nitrogens is 2. The number of benzene rings is 2. The van der Waals surface area contributed by atoms with E-state index in [0.29, 0.717) is 17.1 Å². The van der Waals surface area contributed by atoms with Crippen LogP contribution in [-0.2, 0) is 13.0 Å². The average Bonchev–Trinajstić information content (AvgIpc) is 2.97. The molecule has 3 rings (SSSR count). The summed E-state index contributed by atoms with van der Waals surface area (Å²) in [6.45, 7) is 1.83. The Hall–Kier alpha value is -1.12. The molecule has 0 saturated carbocycles. The zero-order chi connectivity index (χ0) is 20.4. The first kappa shape index (κ1) is 21.6. The Bertz CT molecular complexity index is 963. The number of hydrogen-bond acceptors (Lipinski definition) is 4. The highest BCUT2D eigenvalue weighted by molar-refractivity contribution is 9.11. The minimum absolute atomic E-state index is 0.243. The second kappa shape index (κ2) is 9.13. The van der Waals surface area contributed by atoms with Crippen molar-refractivity contribution in [2.75, 3.05) is 26.4 Å². The van der Waals surface area contributed by atoms with Crippen molar-refractivity contribution in [1.29, 1.82) is 0 Å². The van der Waals surface area contributed by atoms with Crippen molar-refractivity contribution < 1.29 is 0 Å². The molecule has 0 aliphatic carbocycles. The zero-order valence-electron chi connectivity index (χ0n) is 15.9. The van der Waals surface area contributed by atoms with E-state index < -0.39 is 0 Å². The maximum Gasteiger partial charge on any atom is 0.127 e. The second-order valence-electron chi connectivity index (χ2n) is 7.20. The summed E-state index contributed by atoms with van der Waals surface area (Å²) in [5.74, 6) is 0.875. The molecule has 1 heterocycles. The van der Waals surface area contributed by atoms with E-state index >= 15 is 0 Å². The van der Waals surface area contributed by atoms with Gasteiger partial charge < -0.3 is 20.9 Å². The molecule has 0 bridgehead atoms. The molecule has 1 atom stereocenters. The Kier molecular flexibility index (Phi) is 7.04. The first-order valence-electron chi connectivity index (χ1n) is 9.05. The molecule has 0 aliphatic heterocycles. The van der Waals surface area contributed by atoms with Crippen molar-refractivity contribution in [2.45, 2.75) is 25.4 Å². The van der Waals surface area contributed by atoms with Crippen molar-refractivity contribution in [1.82, 2.24) is 14.5 Å². The largest absolute Gasteiger partial charge is 0.397 e. The summed E-state index contributed by atoms with van der Waals surface area (Å²) in [5, 5.41) is 0.702. The molecule has 0 saturated heterocycles. The summed E-state index contributed by atoms with van der Waals surface area (Å²) >= 11 is 13.3. The van der Waals surface area contributed by atoms with E-state index in [1.165, 1.54) is 0 Å². The molecule has 4 N–H and O–H groups in total. The van der Waals surface area contributed by atoms with E-state index in [0.717, 1.165) is 50.9 Å². The third kappa shape index (κ3) is 4.89. The average molecular weight is 530 g/mol. The molecule has 2 aromatic carbocycles. The monoisotopic (exact) mass is 527 g/mol. The van der Waals surface area contributed by atoms with Crippen LogP contribution in [0.1, 0.15) is 23.9 Å². The van der Waals surface area contributed by atoms with Gasteiger partial charge in [-0.3, -0.25) is 0 Å². The van der Waals surface area contributed by atoms with E-state index in [4.69, 9.17) is 28.1 Å². The Labute approximate surface area is 187 Å². The first-order chi connectivity index (χ1) is 13.3. The van der Waals surface area contributed by atoms with Crippen LogP contribution in [0.25, 0.3) is 11.0 Å². The Morgan fingerprint density at radius 3 is 2.50 bits per heavy atom. The van der Waals surface area contributed by atoms with Crippen LogP contribution in [0.15, 0.2) is 39.3 Å². The molecule has 1 aromatic heterocycles. The SMILES string of the molecule is CN(C)CCCn1c([C@H](N)Cc2cc(Br)c(N)c(Br)c2)nc2ccc(Cl)cc21. The van der Waals surface area contributed by atoms with Gasteiger partial charge in [-0.15, -0.1) is 0 Å². The molecule has 0 radical (unpaired) electrons. The van der Waals surface area contributed by atoms with Crippen LogP contribution < -0.4 is 11.5 Å². The molecule has 0 fully saturated rings. The summed E-state index contributed by atoms with van der Waals surface area (Å²) in [6, 6.07) is 9.56. The number of rotatable bonds is 7. The minimum Gasteiger partial charge on any atom is -0.397 e. The standard InChI is InChI=1S/C20H24Br2ClN5/c1-27(2)6-3-7-28-18-11-13(23)4-5-17(18)26-20(28)16(24)10-12-8-14(21)19(25)15(22)9-12/h4-5,8-9,11,16H,3,6-7,10,24-25H2,1-2H3/t16-/m1/s1. The summed E-state index contributed by atoms with van der Waals surface area (Å²) < 4.78 is 3.92. The van der Waals surface area contributed by atoms with Gasteiger partial charge >= 0.3 is 0 Å². The number of halogens is 3. The Morgan fingerprint density at radius 2 is 1.86 bits per heavy atom. The van der Waals surface area contributed by atoms with Crippen LogP contribution >= 0.6 is 43.5 Å². The maximum absolute atomic E-state index is 6.61. The Balaban J connectivity index is 1.94. The van der Waals surface area contributed by atoms with Gasteiger partial charge in [-0.05, 0) is 101 Å². The van der Waals surface area contributed by atoms with Crippen LogP contribution in [0, 0.1) is 0 Å². The summed E-state index contributed by atoms with van der Waals surface area (Å²) in [5.41, 5.74) is 16.3.